The number of benzene rings is 2. The van der Waals surface area contributed by atoms with Crippen LogP contribution in [-0.4, -0.2) is 47.0 Å². The Morgan fingerprint density at radius 2 is 2.10 bits per heavy atom. The second-order valence-electron chi connectivity index (χ2n) is 7.01. The largest absolute Gasteiger partial charge is 0.490 e. The summed E-state index contributed by atoms with van der Waals surface area (Å²) in [6, 6.07) is 13.4. The molecule has 0 spiro atoms. The van der Waals surface area contributed by atoms with Crippen molar-refractivity contribution in [3.63, 3.8) is 0 Å². The fraction of sp³-hybridized carbons (Fsp3) is 0.238. The summed E-state index contributed by atoms with van der Waals surface area (Å²) in [4.78, 5) is 26.7. The van der Waals surface area contributed by atoms with E-state index >= 15 is 0 Å². The van der Waals surface area contributed by atoms with Gasteiger partial charge in [0.1, 0.15) is 18.2 Å². The molecule has 154 valence electrons. The molecule has 0 bridgehead atoms. The maximum absolute atomic E-state index is 13.3. The second-order valence-corrected chi connectivity index (χ2v) is 7.01. The van der Waals surface area contributed by atoms with Gasteiger partial charge in [-0.05, 0) is 29.8 Å². The summed E-state index contributed by atoms with van der Waals surface area (Å²) < 4.78 is 20.5. The first-order valence-corrected chi connectivity index (χ1v) is 9.43. The molecule has 2 heterocycles. The summed E-state index contributed by atoms with van der Waals surface area (Å²) >= 11 is 0. The first-order valence-electron chi connectivity index (χ1n) is 9.43. The van der Waals surface area contributed by atoms with E-state index in [1.54, 1.807) is 25.2 Å². The molecule has 0 aliphatic carbocycles. The van der Waals surface area contributed by atoms with Crippen LogP contribution in [0.5, 0.6) is 5.75 Å². The van der Waals surface area contributed by atoms with Gasteiger partial charge < -0.3 is 15.0 Å². The van der Waals surface area contributed by atoms with Crippen molar-refractivity contribution in [1.82, 2.24) is 20.3 Å². The van der Waals surface area contributed by atoms with Crippen molar-refractivity contribution in [3.05, 3.63) is 71.8 Å². The molecule has 2 aromatic carbocycles. The van der Waals surface area contributed by atoms with Crippen molar-refractivity contribution in [3.8, 4) is 5.75 Å². The zero-order chi connectivity index (χ0) is 21.1. The molecular formula is C21H20FN5O3. The molecule has 1 aromatic heterocycles. The Labute approximate surface area is 172 Å². The minimum atomic E-state index is -0.534. The van der Waals surface area contributed by atoms with Crippen LogP contribution >= 0.6 is 0 Å². The number of hydrogen-bond acceptors (Lipinski definition) is 5. The minimum absolute atomic E-state index is 0.104. The van der Waals surface area contributed by atoms with Gasteiger partial charge in [0, 0.05) is 13.6 Å². The molecule has 30 heavy (non-hydrogen) atoms. The molecule has 0 radical (unpaired) electrons. The van der Waals surface area contributed by atoms with E-state index in [-0.39, 0.29) is 37.1 Å². The van der Waals surface area contributed by atoms with Gasteiger partial charge in [-0.15, -0.1) is 5.10 Å². The highest BCUT2D eigenvalue weighted by Gasteiger charge is 2.29. The molecule has 1 atom stereocenters. The molecule has 0 saturated carbocycles. The first kappa shape index (κ1) is 19.6. The predicted molar refractivity (Wildman–Crippen MR) is 107 cm³/mol. The number of fused-ring (bicyclic) bond motifs is 1. The Hall–Kier alpha value is -3.75. The van der Waals surface area contributed by atoms with E-state index in [2.05, 4.69) is 15.6 Å². The highest BCUT2D eigenvalue weighted by atomic mass is 19.1. The van der Waals surface area contributed by atoms with Gasteiger partial charge in [-0.2, -0.15) is 0 Å². The Balaban J connectivity index is 1.37. The van der Waals surface area contributed by atoms with Gasteiger partial charge in [-0.25, -0.2) is 9.07 Å². The molecule has 3 aromatic rings. The number of carbonyl (C=O) groups is 2. The molecule has 2 amide bonds. The van der Waals surface area contributed by atoms with Crippen LogP contribution in [0.4, 0.5) is 10.1 Å². The Bertz CT molecular complexity index is 1080. The van der Waals surface area contributed by atoms with E-state index in [1.165, 1.54) is 27.9 Å². The predicted octanol–water partition coefficient (Wildman–Crippen LogP) is 1.87. The molecule has 0 saturated heterocycles. The van der Waals surface area contributed by atoms with Crippen LogP contribution in [0, 0.1) is 11.7 Å². The maximum Gasteiger partial charge on any atom is 0.273 e. The quantitative estimate of drug-likeness (QED) is 0.695. The lowest BCUT2D eigenvalue weighted by molar-refractivity contribution is -0.122. The van der Waals surface area contributed by atoms with E-state index in [1.807, 2.05) is 18.2 Å². The van der Waals surface area contributed by atoms with Crippen LogP contribution < -0.4 is 15.0 Å². The molecule has 1 N–H and O–H groups in total. The minimum Gasteiger partial charge on any atom is -0.490 e. The van der Waals surface area contributed by atoms with Crippen molar-refractivity contribution in [1.29, 1.82) is 0 Å². The standard InChI is InChI=1S/C21H20FN5O3/c1-26-18-7-2-3-8-19(18)30-13-15(21(26)29)10-23-20(28)17-12-27(25-24-17)11-14-5-4-6-16(22)9-14/h2-9,12,15H,10-11,13H2,1H3,(H,23,28). The van der Waals surface area contributed by atoms with Crippen molar-refractivity contribution in [2.24, 2.45) is 5.92 Å². The van der Waals surface area contributed by atoms with Crippen LogP contribution in [0.1, 0.15) is 16.1 Å². The molecule has 4 rings (SSSR count). The zero-order valence-corrected chi connectivity index (χ0v) is 16.3. The van der Waals surface area contributed by atoms with Gasteiger partial charge in [0.25, 0.3) is 5.91 Å². The van der Waals surface area contributed by atoms with Gasteiger partial charge in [0.15, 0.2) is 5.69 Å². The topological polar surface area (TPSA) is 89.4 Å². The van der Waals surface area contributed by atoms with E-state index in [0.717, 1.165) is 0 Å². The van der Waals surface area contributed by atoms with Crippen LogP contribution in [0.3, 0.4) is 0 Å². The molecule has 9 heteroatoms. The Morgan fingerprint density at radius 3 is 2.93 bits per heavy atom. The maximum atomic E-state index is 13.3. The molecule has 8 nitrogen and oxygen atoms in total. The normalized spacial score (nSPS) is 15.9. The van der Waals surface area contributed by atoms with Gasteiger partial charge in [-0.3, -0.25) is 9.59 Å². The van der Waals surface area contributed by atoms with E-state index in [9.17, 15) is 14.0 Å². The molecule has 1 unspecified atom stereocenters. The molecular weight excluding hydrogens is 389 g/mol. The molecule has 1 aliphatic rings. The van der Waals surface area contributed by atoms with Gasteiger partial charge in [0.2, 0.25) is 5.91 Å². The lowest BCUT2D eigenvalue weighted by atomic mass is 10.1. The third-order valence-corrected chi connectivity index (χ3v) is 4.86. The lowest BCUT2D eigenvalue weighted by Crippen LogP contribution is -2.41. The van der Waals surface area contributed by atoms with E-state index in [0.29, 0.717) is 17.0 Å². The number of para-hydroxylation sites is 2. The van der Waals surface area contributed by atoms with Gasteiger partial charge >= 0.3 is 0 Å². The summed E-state index contributed by atoms with van der Waals surface area (Å²) in [6.45, 7) is 0.551. The monoisotopic (exact) mass is 409 g/mol. The fourth-order valence-corrected chi connectivity index (χ4v) is 3.27. The number of rotatable bonds is 5. The van der Waals surface area contributed by atoms with E-state index < -0.39 is 11.8 Å². The second kappa shape index (κ2) is 8.32. The third kappa shape index (κ3) is 4.14. The average molecular weight is 409 g/mol. The summed E-state index contributed by atoms with van der Waals surface area (Å²) in [5, 5.41) is 10.5. The van der Waals surface area contributed by atoms with Crippen LogP contribution in [0.15, 0.2) is 54.7 Å². The zero-order valence-electron chi connectivity index (χ0n) is 16.3. The SMILES string of the molecule is CN1C(=O)C(CNC(=O)c2cn(Cc3cccc(F)c3)nn2)COc2ccccc21. The Kier molecular flexibility index (Phi) is 5.42. The smallest absolute Gasteiger partial charge is 0.273 e. The van der Waals surface area contributed by atoms with Crippen LogP contribution in [-0.2, 0) is 11.3 Å². The van der Waals surface area contributed by atoms with Crippen molar-refractivity contribution >= 4 is 17.5 Å². The van der Waals surface area contributed by atoms with Gasteiger partial charge in [0.05, 0.1) is 24.3 Å². The number of hydrogen-bond donors (Lipinski definition) is 1. The number of amides is 2. The van der Waals surface area contributed by atoms with Crippen LogP contribution in [0.25, 0.3) is 0 Å². The fourth-order valence-electron chi connectivity index (χ4n) is 3.27. The molecule has 1 aliphatic heterocycles. The molecule has 0 fully saturated rings. The summed E-state index contributed by atoms with van der Waals surface area (Å²) in [5.41, 5.74) is 1.51. The number of nitrogens with zero attached hydrogens (tertiary/aromatic N) is 4. The van der Waals surface area contributed by atoms with Crippen LogP contribution in [0.2, 0.25) is 0 Å². The van der Waals surface area contributed by atoms with Gasteiger partial charge in [-0.1, -0.05) is 29.5 Å². The van der Waals surface area contributed by atoms with Crippen molar-refractivity contribution in [2.75, 3.05) is 25.1 Å². The lowest BCUT2D eigenvalue weighted by Gasteiger charge is -2.19. The Morgan fingerprint density at radius 1 is 1.27 bits per heavy atom. The van der Waals surface area contributed by atoms with Crippen molar-refractivity contribution in [2.45, 2.75) is 6.54 Å². The number of nitrogens with one attached hydrogen (secondary N) is 1. The summed E-state index contributed by atoms with van der Waals surface area (Å²) in [6.07, 6.45) is 1.48. The number of halogens is 1. The highest BCUT2D eigenvalue weighted by Crippen LogP contribution is 2.31. The summed E-state index contributed by atoms with van der Waals surface area (Å²) in [5.74, 6) is -0.836. The average Bonchev–Trinajstić information content (AvgIpc) is 3.17. The number of aromatic nitrogens is 3. The van der Waals surface area contributed by atoms with Crippen molar-refractivity contribution < 1.29 is 18.7 Å². The number of ether oxygens (including phenoxy) is 1. The summed E-state index contributed by atoms with van der Waals surface area (Å²) in [7, 11) is 1.68. The highest BCUT2D eigenvalue weighted by molar-refractivity contribution is 5.97. The number of anilines is 1. The first-order chi connectivity index (χ1) is 14.5. The van der Waals surface area contributed by atoms with E-state index in [4.69, 9.17) is 4.74 Å². The third-order valence-electron chi connectivity index (χ3n) is 4.86. The number of carbonyl (C=O) groups excluding carboxylic acids is 2.